The number of amides is 1. The van der Waals surface area contributed by atoms with E-state index in [1.807, 2.05) is 12.1 Å². The molecule has 3 heterocycles. The van der Waals surface area contributed by atoms with E-state index in [4.69, 9.17) is 9.47 Å². The quantitative estimate of drug-likeness (QED) is 0.898. The van der Waals surface area contributed by atoms with E-state index < -0.39 is 0 Å². The van der Waals surface area contributed by atoms with Crippen LogP contribution in [0.5, 0.6) is 11.5 Å². The second kappa shape index (κ2) is 7.87. The van der Waals surface area contributed by atoms with Crippen molar-refractivity contribution in [3.05, 3.63) is 23.8 Å². The number of nitrogens with one attached hydrogen (secondary N) is 1. The van der Waals surface area contributed by atoms with Gasteiger partial charge in [0, 0.05) is 18.5 Å². The lowest BCUT2D eigenvalue weighted by Gasteiger charge is -2.32. The average Bonchev–Trinajstić information content (AvgIpc) is 3.18. The highest BCUT2D eigenvalue weighted by molar-refractivity contribution is 5.77. The number of fused-ring (bicyclic) bond motifs is 1. The fraction of sp³-hybridized carbons (Fsp3) is 0.667. The van der Waals surface area contributed by atoms with Gasteiger partial charge in [0.2, 0.25) is 5.91 Å². The van der Waals surface area contributed by atoms with E-state index in [-0.39, 0.29) is 6.04 Å². The molecule has 3 atom stereocenters. The zero-order valence-corrected chi connectivity index (χ0v) is 15.7. The molecule has 3 aliphatic rings. The Morgan fingerprint density at radius 2 is 2.15 bits per heavy atom. The fourth-order valence-corrected chi connectivity index (χ4v) is 4.67. The highest BCUT2D eigenvalue weighted by Gasteiger charge is 2.34. The Hall–Kier alpha value is -1.75. The van der Waals surface area contributed by atoms with Crippen molar-refractivity contribution >= 4 is 5.91 Å². The molecule has 142 valence electrons. The molecule has 1 N–H and O–H groups in total. The van der Waals surface area contributed by atoms with Crippen molar-refractivity contribution in [3.8, 4) is 11.5 Å². The van der Waals surface area contributed by atoms with Gasteiger partial charge < -0.3 is 19.7 Å². The third-order valence-electron chi connectivity index (χ3n) is 6.17. The van der Waals surface area contributed by atoms with Gasteiger partial charge in [0.15, 0.2) is 11.5 Å². The van der Waals surface area contributed by atoms with Crippen LogP contribution >= 0.6 is 0 Å². The lowest BCUT2D eigenvalue weighted by molar-refractivity contribution is -0.133. The maximum atomic E-state index is 13.1. The van der Waals surface area contributed by atoms with Crippen LogP contribution in [0.25, 0.3) is 0 Å². The smallest absolute Gasteiger partial charge is 0.223 e. The summed E-state index contributed by atoms with van der Waals surface area (Å²) in [4.78, 5) is 15.2. The average molecular weight is 358 g/mol. The summed E-state index contributed by atoms with van der Waals surface area (Å²) in [6.45, 7) is 6.43. The van der Waals surface area contributed by atoms with Gasteiger partial charge in [-0.2, -0.15) is 0 Å². The maximum Gasteiger partial charge on any atom is 0.223 e. The molecule has 0 aromatic heterocycles. The summed E-state index contributed by atoms with van der Waals surface area (Å²) in [5.41, 5.74) is 1.11. The largest absolute Gasteiger partial charge is 0.486 e. The topological polar surface area (TPSA) is 50.8 Å². The molecule has 1 aromatic carbocycles. The summed E-state index contributed by atoms with van der Waals surface area (Å²) in [7, 11) is 0. The summed E-state index contributed by atoms with van der Waals surface area (Å²) in [6, 6.07) is 6.19. The molecule has 5 nitrogen and oxygen atoms in total. The van der Waals surface area contributed by atoms with Crippen molar-refractivity contribution in [2.75, 3.05) is 32.8 Å². The molecule has 1 aromatic rings. The monoisotopic (exact) mass is 358 g/mol. The number of hydrogen-bond donors (Lipinski definition) is 1. The van der Waals surface area contributed by atoms with Crippen LogP contribution in [0.2, 0.25) is 0 Å². The number of piperidine rings is 1. The van der Waals surface area contributed by atoms with E-state index >= 15 is 0 Å². The van der Waals surface area contributed by atoms with Crippen LogP contribution in [-0.4, -0.2) is 43.7 Å². The number of ether oxygens (including phenoxy) is 2. The molecule has 2 fully saturated rings. The van der Waals surface area contributed by atoms with Gasteiger partial charge in [0.25, 0.3) is 0 Å². The summed E-state index contributed by atoms with van der Waals surface area (Å²) in [5.74, 6) is 3.00. The van der Waals surface area contributed by atoms with Crippen LogP contribution in [0.15, 0.2) is 18.2 Å². The van der Waals surface area contributed by atoms with E-state index in [0.717, 1.165) is 49.5 Å². The molecule has 0 saturated carbocycles. The lowest BCUT2D eigenvalue weighted by atomic mass is 9.85. The molecule has 0 spiro atoms. The Balaban J connectivity index is 1.47. The summed E-state index contributed by atoms with van der Waals surface area (Å²) in [5, 5.41) is 3.47. The number of para-hydroxylation sites is 1. The molecule has 3 aliphatic heterocycles. The van der Waals surface area contributed by atoms with Crippen LogP contribution in [0, 0.1) is 11.8 Å². The van der Waals surface area contributed by atoms with Crippen molar-refractivity contribution in [1.29, 1.82) is 0 Å². The molecule has 26 heavy (non-hydrogen) atoms. The Bertz CT molecular complexity index is 642. The number of carbonyl (C=O) groups excluding carboxylic acids is 1. The van der Waals surface area contributed by atoms with Crippen molar-refractivity contribution in [2.45, 2.75) is 45.1 Å². The summed E-state index contributed by atoms with van der Waals surface area (Å²) >= 11 is 0. The molecule has 3 unspecified atom stereocenters. The second-order valence-electron chi connectivity index (χ2n) is 7.90. The Labute approximate surface area is 156 Å². The molecular formula is C21H30N2O3. The third kappa shape index (κ3) is 3.54. The summed E-state index contributed by atoms with van der Waals surface area (Å²) in [6.07, 6.45) is 5.17. The first-order valence-electron chi connectivity index (χ1n) is 10.1. The minimum absolute atomic E-state index is 0.121. The van der Waals surface area contributed by atoms with Gasteiger partial charge >= 0.3 is 0 Å². The van der Waals surface area contributed by atoms with Gasteiger partial charge in [-0.25, -0.2) is 0 Å². The van der Waals surface area contributed by atoms with Gasteiger partial charge in [0.1, 0.15) is 13.2 Å². The lowest BCUT2D eigenvalue weighted by Crippen LogP contribution is -2.37. The molecule has 0 aliphatic carbocycles. The summed E-state index contributed by atoms with van der Waals surface area (Å²) < 4.78 is 11.6. The SMILES string of the molecule is CC(CC(=O)N1CCCC1c1cccc2c1OCCO2)C1CCCNC1. The van der Waals surface area contributed by atoms with Crippen molar-refractivity contribution < 1.29 is 14.3 Å². The van der Waals surface area contributed by atoms with Crippen LogP contribution < -0.4 is 14.8 Å². The van der Waals surface area contributed by atoms with Crippen LogP contribution in [0.4, 0.5) is 0 Å². The number of hydrogen-bond acceptors (Lipinski definition) is 4. The number of likely N-dealkylation sites (tertiary alicyclic amines) is 1. The highest BCUT2D eigenvalue weighted by atomic mass is 16.6. The number of benzene rings is 1. The van der Waals surface area contributed by atoms with Gasteiger partial charge in [-0.15, -0.1) is 0 Å². The van der Waals surface area contributed by atoms with E-state index in [0.29, 0.717) is 37.4 Å². The van der Waals surface area contributed by atoms with E-state index in [2.05, 4.69) is 23.2 Å². The minimum atomic E-state index is 0.121. The first-order valence-corrected chi connectivity index (χ1v) is 10.1. The molecule has 4 rings (SSSR count). The standard InChI is InChI=1S/C21H30N2O3/c1-15(16-5-3-9-22-14-16)13-20(24)23-10-4-7-18(23)17-6-2-8-19-21(17)26-12-11-25-19/h2,6,8,15-16,18,22H,3-5,7,9-14H2,1H3. The van der Waals surface area contributed by atoms with Crippen LogP contribution in [-0.2, 0) is 4.79 Å². The Morgan fingerprint density at radius 3 is 3.00 bits per heavy atom. The van der Waals surface area contributed by atoms with E-state index in [1.165, 1.54) is 12.8 Å². The maximum absolute atomic E-state index is 13.1. The van der Waals surface area contributed by atoms with Crippen LogP contribution in [0.3, 0.4) is 0 Å². The van der Waals surface area contributed by atoms with Crippen LogP contribution in [0.1, 0.15) is 50.6 Å². The van der Waals surface area contributed by atoms with E-state index in [1.54, 1.807) is 0 Å². The molecular weight excluding hydrogens is 328 g/mol. The zero-order chi connectivity index (χ0) is 17.9. The van der Waals surface area contributed by atoms with Crippen molar-refractivity contribution in [3.63, 3.8) is 0 Å². The Kier molecular flexibility index (Phi) is 5.34. The fourth-order valence-electron chi connectivity index (χ4n) is 4.67. The predicted molar refractivity (Wildman–Crippen MR) is 100 cm³/mol. The van der Waals surface area contributed by atoms with Crippen molar-refractivity contribution in [1.82, 2.24) is 10.2 Å². The predicted octanol–water partition coefficient (Wildman–Crippen LogP) is 3.15. The van der Waals surface area contributed by atoms with Gasteiger partial charge in [-0.1, -0.05) is 19.1 Å². The number of carbonyl (C=O) groups is 1. The van der Waals surface area contributed by atoms with Gasteiger partial charge in [-0.05, 0) is 56.7 Å². The minimum Gasteiger partial charge on any atom is -0.486 e. The first-order chi connectivity index (χ1) is 12.7. The second-order valence-corrected chi connectivity index (χ2v) is 7.90. The number of nitrogens with zero attached hydrogens (tertiary/aromatic N) is 1. The molecule has 5 heteroatoms. The van der Waals surface area contributed by atoms with Gasteiger partial charge in [-0.3, -0.25) is 4.79 Å². The first kappa shape index (κ1) is 17.7. The van der Waals surface area contributed by atoms with Crippen molar-refractivity contribution in [2.24, 2.45) is 11.8 Å². The third-order valence-corrected chi connectivity index (χ3v) is 6.17. The normalized spacial score (nSPS) is 26.6. The number of rotatable bonds is 4. The van der Waals surface area contributed by atoms with Gasteiger partial charge in [0.05, 0.1) is 6.04 Å². The van der Waals surface area contributed by atoms with E-state index in [9.17, 15) is 4.79 Å². The Morgan fingerprint density at radius 1 is 1.27 bits per heavy atom. The molecule has 1 amide bonds. The molecule has 2 saturated heterocycles. The molecule has 0 radical (unpaired) electrons. The molecule has 0 bridgehead atoms. The zero-order valence-electron chi connectivity index (χ0n) is 15.7. The highest BCUT2D eigenvalue weighted by Crippen LogP contribution is 2.43.